The Hall–Kier alpha value is -0.580. The van der Waals surface area contributed by atoms with Gasteiger partial charge >= 0.3 is 0 Å². The van der Waals surface area contributed by atoms with Gasteiger partial charge in [0.1, 0.15) is 5.15 Å². The Morgan fingerprint density at radius 1 is 1.56 bits per heavy atom. The molecule has 1 aliphatic heterocycles. The molecule has 1 atom stereocenters. The largest absolute Gasteiger partial charge is 0.314 e. The summed E-state index contributed by atoms with van der Waals surface area (Å²) >= 11 is 6.24. The van der Waals surface area contributed by atoms with Crippen LogP contribution in [0.3, 0.4) is 0 Å². The molecule has 5 heteroatoms. The van der Waals surface area contributed by atoms with Crippen molar-refractivity contribution in [3.63, 3.8) is 0 Å². The second kappa shape index (κ2) is 4.73. The third-order valence-corrected chi connectivity index (χ3v) is 3.74. The third-order valence-electron chi connectivity index (χ3n) is 3.27. The quantitative estimate of drug-likeness (QED) is 0.846. The molecular weight excluding hydrogens is 224 g/mol. The molecule has 2 heterocycles. The number of rotatable bonds is 2. The number of piperazine rings is 1. The molecule has 0 amide bonds. The van der Waals surface area contributed by atoms with E-state index in [0.717, 1.165) is 42.6 Å². The molecule has 0 radical (unpaired) electrons. The summed E-state index contributed by atoms with van der Waals surface area (Å²) in [6, 6.07) is 0.560. The van der Waals surface area contributed by atoms with Gasteiger partial charge in [0.2, 0.25) is 0 Å². The van der Waals surface area contributed by atoms with Crippen molar-refractivity contribution in [3.8, 4) is 0 Å². The van der Waals surface area contributed by atoms with Crippen LogP contribution < -0.4 is 5.32 Å². The lowest BCUT2D eigenvalue weighted by Crippen LogP contribution is -2.49. The van der Waals surface area contributed by atoms with Crippen molar-refractivity contribution in [1.82, 2.24) is 20.0 Å². The van der Waals surface area contributed by atoms with Gasteiger partial charge in [-0.15, -0.1) is 0 Å². The molecule has 1 aromatic rings. The Morgan fingerprint density at radius 3 is 2.88 bits per heavy atom. The molecule has 0 aromatic carbocycles. The minimum absolute atomic E-state index is 0.560. The van der Waals surface area contributed by atoms with E-state index in [1.807, 2.05) is 14.0 Å². The van der Waals surface area contributed by atoms with Crippen molar-refractivity contribution in [2.45, 2.75) is 26.4 Å². The van der Waals surface area contributed by atoms with Crippen molar-refractivity contribution in [1.29, 1.82) is 0 Å². The Balaban J connectivity index is 2.13. The van der Waals surface area contributed by atoms with Crippen molar-refractivity contribution < 1.29 is 0 Å². The first-order valence-electron chi connectivity index (χ1n) is 5.72. The van der Waals surface area contributed by atoms with Crippen LogP contribution in [0.25, 0.3) is 0 Å². The maximum Gasteiger partial charge on any atom is 0.131 e. The highest BCUT2D eigenvalue weighted by Gasteiger charge is 2.21. The topological polar surface area (TPSA) is 33.1 Å². The van der Waals surface area contributed by atoms with Gasteiger partial charge < -0.3 is 5.32 Å². The highest BCUT2D eigenvalue weighted by atomic mass is 35.5. The average molecular weight is 243 g/mol. The fourth-order valence-corrected chi connectivity index (χ4v) is 2.41. The lowest BCUT2D eigenvalue weighted by atomic mass is 10.1. The molecule has 1 aromatic heterocycles. The number of hydrogen-bond donors (Lipinski definition) is 1. The summed E-state index contributed by atoms with van der Waals surface area (Å²) in [6.45, 7) is 8.35. The van der Waals surface area contributed by atoms with E-state index in [9.17, 15) is 0 Å². The molecule has 1 unspecified atom stereocenters. The minimum atomic E-state index is 0.560. The summed E-state index contributed by atoms with van der Waals surface area (Å²) in [4.78, 5) is 2.45. The zero-order valence-electron chi connectivity index (χ0n) is 10.1. The van der Waals surface area contributed by atoms with Crippen LogP contribution in [0.5, 0.6) is 0 Å². The first-order chi connectivity index (χ1) is 7.59. The minimum Gasteiger partial charge on any atom is -0.314 e. The average Bonchev–Trinajstić information content (AvgIpc) is 2.48. The van der Waals surface area contributed by atoms with Gasteiger partial charge in [-0.3, -0.25) is 9.58 Å². The molecule has 90 valence electrons. The van der Waals surface area contributed by atoms with Crippen LogP contribution in [0.2, 0.25) is 5.15 Å². The summed E-state index contributed by atoms with van der Waals surface area (Å²) in [6.07, 6.45) is 0. The van der Waals surface area contributed by atoms with E-state index < -0.39 is 0 Å². The van der Waals surface area contributed by atoms with E-state index in [1.54, 1.807) is 4.68 Å². The second-order valence-electron chi connectivity index (χ2n) is 4.50. The summed E-state index contributed by atoms with van der Waals surface area (Å²) in [5.74, 6) is 0. The summed E-state index contributed by atoms with van der Waals surface area (Å²) in [5, 5.41) is 8.50. The van der Waals surface area contributed by atoms with Crippen LogP contribution in [0.4, 0.5) is 0 Å². The molecular formula is C11H19ClN4. The maximum atomic E-state index is 6.24. The molecule has 4 nitrogen and oxygen atoms in total. The van der Waals surface area contributed by atoms with Crippen molar-refractivity contribution in [3.05, 3.63) is 16.4 Å². The van der Waals surface area contributed by atoms with Crippen LogP contribution >= 0.6 is 11.6 Å². The van der Waals surface area contributed by atoms with Crippen LogP contribution in [-0.4, -0.2) is 40.4 Å². The maximum absolute atomic E-state index is 6.24. The van der Waals surface area contributed by atoms with Gasteiger partial charge in [-0.2, -0.15) is 5.10 Å². The highest BCUT2D eigenvalue weighted by Crippen LogP contribution is 2.21. The normalized spacial score (nSPS) is 22.6. The number of hydrogen-bond acceptors (Lipinski definition) is 3. The van der Waals surface area contributed by atoms with Crippen molar-refractivity contribution in [2.24, 2.45) is 7.05 Å². The standard InChI is InChI=1S/C11H19ClN4/c1-8-6-13-4-5-16(8)7-10-9(2)14-15(3)11(10)12/h8,13H,4-7H2,1-3H3. The summed E-state index contributed by atoms with van der Waals surface area (Å²) in [5.41, 5.74) is 2.20. The Kier molecular flexibility index (Phi) is 3.52. The fourth-order valence-electron chi connectivity index (χ4n) is 2.17. The van der Waals surface area contributed by atoms with Gasteiger partial charge in [-0.05, 0) is 13.8 Å². The first kappa shape index (κ1) is 11.9. The predicted molar refractivity (Wildman–Crippen MR) is 65.7 cm³/mol. The van der Waals surface area contributed by atoms with Crippen molar-refractivity contribution >= 4 is 11.6 Å². The second-order valence-corrected chi connectivity index (χ2v) is 4.86. The number of nitrogens with zero attached hydrogens (tertiary/aromatic N) is 3. The van der Waals surface area contributed by atoms with E-state index >= 15 is 0 Å². The molecule has 1 aliphatic rings. The van der Waals surface area contributed by atoms with Gasteiger partial charge in [0.15, 0.2) is 0 Å². The third kappa shape index (κ3) is 2.24. The zero-order valence-corrected chi connectivity index (χ0v) is 10.9. The van der Waals surface area contributed by atoms with E-state index in [0.29, 0.717) is 6.04 Å². The highest BCUT2D eigenvalue weighted by molar-refractivity contribution is 6.30. The number of halogens is 1. The molecule has 0 bridgehead atoms. The molecule has 1 N–H and O–H groups in total. The van der Waals surface area contributed by atoms with E-state index in [1.165, 1.54) is 0 Å². The summed E-state index contributed by atoms with van der Waals surface area (Å²) in [7, 11) is 1.89. The summed E-state index contributed by atoms with van der Waals surface area (Å²) < 4.78 is 1.75. The molecule has 16 heavy (non-hydrogen) atoms. The first-order valence-corrected chi connectivity index (χ1v) is 6.10. The molecule has 0 spiro atoms. The predicted octanol–water partition coefficient (Wildman–Crippen LogP) is 1.18. The van der Waals surface area contributed by atoms with Crippen LogP contribution in [0.15, 0.2) is 0 Å². The monoisotopic (exact) mass is 242 g/mol. The van der Waals surface area contributed by atoms with E-state index in [4.69, 9.17) is 11.6 Å². The SMILES string of the molecule is Cc1nn(C)c(Cl)c1CN1CCNCC1C. The molecule has 1 saturated heterocycles. The van der Waals surface area contributed by atoms with Gasteiger partial charge in [0.25, 0.3) is 0 Å². The van der Waals surface area contributed by atoms with Crippen LogP contribution in [0, 0.1) is 6.92 Å². The molecule has 1 fully saturated rings. The Labute approximate surface area is 102 Å². The van der Waals surface area contributed by atoms with Crippen LogP contribution in [-0.2, 0) is 13.6 Å². The number of aryl methyl sites for hydroxylation is 2. The molecule has 2 rings (SSSR count). The van der Waals surface area contributed by atoms with Crippen molar-refractivity contribution in [2.75, 3.05) is 19.6 Å². The zero-order chi connectivity index (χ0) is 11.7. The smallest absolute Gasteiger partial charge is 0.131 e. The van der Waals surface area contributed by atoms with Gasteiger partial charge in [0, 0.05) is 44.8 Å². The lowest BCUT2D eigenvalue weighted by Gasteiger charge is -2.33. The van der Waals surface area contributed by atoms with Gasteiger partial charge in [-0.1, -0.05) is 11.6 Å². The van der Waals surface area contributed by atoms with Gasteiger partial charge in [0.05, 0.1) is 5.69 Å². The molecule has 0 saturated carbocycles. The number of aromatic nitrogens is 2. The van der Waals surface area contributed by atoms with E-state index in [2.05, 4.69) is 22.2 Å². The van der Waals surface area contributed by atoms with E-state index in [-0.39, 0.29) is 0 Å². The van der Waals surface area contributed by atoms with Gasteiger partial charge in [-0.25, -0.2) is 0 Å². The number of nitrogens with one attached hydrogen (secondary N) is 1. The Bertz CT molecular complexity index is 374. The van der Waals surface area contributed by atoms with Crippen LogP contribution in [0.1, 0.15) is 18.2 Å². The lowest BCUT2D eigenvalue weighted by molar-refractivity contribution is 0.165. The molecule has 0 aliphatic carbocycles. The Morgan fingerprint density at radius 2 is 2.31 bits per heavy atom. The fraction of sp³-hybridized carbons (Fsp3) is 0.727.